The number of carboxylic acids is 1. The van der Waals surface area contributed by atoms with Gasteiger partial charge in [0, 0.05) is 30.5 Å². The summed E-state index contributed by atoms with van der Waals surface area (Å²) < 4.78 is 0. The Balaban J connectivity index is 1.97. The Hall–Kier alpha value is -2.05. The van der Waals surface area contributed by atoms with Crippen molar-refractivity contribution >= 4 is 57.2 Å². The first-order chi connectivity index (χ1) is 14.1. The van der Waals surface area contributed by atoms with E-state index in [9.17, 15) is 29.4 Å². The largest absolute Gasteiger partial charge is 0.508 e. The molecule has 1 aromatic rings. The summed E-state index contributed by atoms with van der Waals surface area (Å²) in [5.74, 6) is -1.50. The molecule has 1 aliphatic rings. The molecular weight excluding hydrogens is 452 g/mol. The number of carboxylic acid groups (broad SMARTS) is 2. The Labute approximate surface area is 185 Å². The number of phenols is 1. The summed E-state index contributed by atoms with van der Waals surface area (Å²) in [5.41, 5.74) is 0.484. The van der Waals surface area contributed by atoms with E-state index in [-0.39, 0.29) is 23.8 Å². The number of aromatic hydroxyl groups is 1. The van der Waals surface area contributed by atoms with Crippen LogP contribution in [0.2, 0.25) is 0 Å². The highest BCUT2D eigenvalue weighted by Crippen LogP contribution is 2.44. The van der Waals surface area contributed by atoms with Gasteiger partial charge in [0.2, 0.25) is 11.8 Å². The lowest BCUT2D eigenvalue weighted by Crippen LogP contribution is -2.43. The molecule has 2 rings (SSSR count). The van der Waals surface area contributed by atoms with E-state index in [2.05, 4.69) is 0 Å². The molecule has 0 aromatic heterocycles. The molecule has 0 radical (unpaired) electrons. The molecule has 30 heavy (non-hydrogen) atoms. The fourth-order valence-electron chi connectivity index (χ4n) is 2.75. The highest BCUT2D eigenvalue weighted by Gasteiger charge is 2.42. The number of amides is 3. The van der Waals surface area contributed by atoms with Crippen LogP contribution in [0.15, 0.2) is 24.3 Å². The fourth-order valence-corrected chi connectivity index (χ4v) is 6.42. The fraction of sp³-hybridized carbons (Fsp3) is 0.444. The second-order valence-electron chi connectivity index (χ2n) is 6.39. The molecule has 1 aromatic carbocycles. The summed E-state index contributed by atoms with van der Waals surface area (Å²) in [6.07, 6.45) is -1.30. The number of para-hydroxylation sites is 1. The lowest BCUT2D eigenvalue weighted by Gasteiger charge is -2.28. The second-order valence-corrected chi connectivity index (χ2v) is 10.3. The average molecular weight is 475 g/mol. The SMILES string of the molecule is CC(SSCCC(=O)N1C(c2ccccc2O)SC[C@H]1C(=O)O)C(=O)N(C)C(=O)O. The standard InChI is InChI=1S/C18H22N2O7S3/c1-10(15(23)19(2)18(26)27)30-29-8-7-14(22)20-12(17(24)25)9-28-16(20)11-5-3-4-6-13(11)21/h3-6,10,12,16,21H,7-9H2,1-2H3,(H,24,25)(H,26,27)/t10?,12-,16?/m0/s1. The quantitative estimate of drug-likeness (QED) is 0.381. The summed E-state index contributed by atoms with van der Waals surface area (Å²) in [7, 11) is 3.56. The van der Waals surface area contributed by atoms with Gasteiger partial charge in [-0.2, -0.15) is 0 Å². The number of carbonyl (C=O) groups excluding carboxylic acids is 2. The van der Waals surface area contributed by atoms with Gasteiger partial charge in [0.1, 0.15) is 17.2 Å². The van der Waals surface area contributed by atoms with Gasteiger partial charge in [-0.15, -0.1) is 11.8 Å². The van der Waals surface area contributed by atoms with E-state index < -0.39 is 34.6 Å². The molecule has 3 amide bonds. The third kappa shape index (κ3) is 5.76. The number of benzene rings is 1. The minimum Gasteiger partial charge on any atom is -0.508 e. The second kappa shape index (κ2) is 10.8. The van der Waals surface area contributed by atoms with E-state index in [0.29, 0.717) is 16.2 Å². The lowest BCUT2D eigenvalue weighted by molar-refractivity contribution is -0.149. The van der Waals surface area contributed by atoms with E-state index in [1.54, 1.807) is 25.1 Å². The van der Waals surface area contributed by atoms with Crippen molar-refractivity contribution in [3.63, 3.8) is 0 Å². The van der Waals surface area contributed by atoms with Gasteiger partial charge in [0.25, 0.3) is 0 Å². The molecule has 1 fully saturated rings. The van der Waals surface area contributed by atoms with E-state index in [4.69, 9.17) is 5.11 Å². The average Bonchev–Trinajstić information content (AvgIpc) is 3.15. The number of aliphatic carboxylic acids is 1. The summed E-state index contributed by atoms with van der Waals surface area (Å²) >= 11 is 1.28. The summed E-state index contributed by atoms with van der Waals surface area (Å²) in [6, 6.07) is 5.53. The molecule has 1 heterocycles. The number of thioether (sulfide) groups is 1. The zero-order valence-corrected chi connectivity index (χ0v) is 18.7. The zero-order valence-electron chi connectivity index (χ0n) is 16.3. The molecule has 3 atom stereocenters. The molecule has 0 saturated carbocycles. The van der Waals surface area contributed by atoms with Gasteiger partial charge in [-0.05, 0) is 13.0 Å². The number of hydrogen-bond acceptors (Lipinski definition) is 8. The number of hydrogen-bond donors (Lipinski definition) is 3. The van der Waals surface area contributed by atoms with E-state index in [1.165, 1.54) is 40.6 Å². The van der Waals surface area contributed by atoms with Gasteiger partial charge in [-0.3, -0.25) is 9.59 Å². The minimum absolute atomic E-state index is 0.00124. The number of phenolic OH excluding ortho intramolecular Hbond substituents is 1. The van der Waals surface area contributed by atoms with Gasteiger partial charge in [-0.25, -0.2) is 14.5 Å². The Morgan fingerprint density at radius 2 is 1.93 bits per heavy atom. The molecule has 12 heteroatoms. The molecule has 0 aliphatic carbocycles. The van der Waals surface area contributed by atoms with Crippen LogP contribution in [0.3, 0.4) is 0 Å². The molecule has 9 nitrogen and oxygen atoms in total. The molecular formula is C18H22N2O7S3. The maximum absolute atomic E-state index is 12.8. The summed E-state index contributed by atoms with van der Waals surface area (Å²) in [5, 5.41) is 27.3. The molecule has 2 unspecified atom stereocenters. The number of rotatable bonds is 8. The van der Waals surface area contributed by atoms with Crippen molar-refractivity contribution in [2.45, 2.75) is 30.0 Å². The van der Waals surface area contributed by atoms with Crippen LogP contribution in [-0.2, 0) is 14.4 Å². The van der Waals surface area contributed by atoms with E-state index >= 15 is 0 Å². The topological polar surface area (TPSA) is 135 Å². The summed E-state index contributed by atoms with van der Waals surface area (Å²) in [6.45, 7) is 1.58. The van der Waals surface area contributed by atoms with Crippen molar-refractivity contribution in [3.05, 3.63) is 29.8 Å². The van der Waals surface area contributed by atoms with Crippen LogP contribution in [0.1, 0.15) is 24.3 Å². The van der Waals surface area contributed by atoms with Crippen LogP contribution in [0.4, 0.5) is 4.79 Å². The third-order valence-corrected chi connectivity index (χ3v) is 8.43. The first kappa shape index (κ1) is 24.2. The molecule has 1 saturated heterocycles. The predicted octanol–water partition coefficient (Wildman–Crippen LogP) is 2.72. The number of carbonyl (C=O) groups is 4. The maximum Gasteiger partial charge on any atom is 0.413 e. The Morgan fingerprint density at radius 3 is 2.53 bits per heavy atom. The van der Waals surface area contributed by atoms with Crippen LogP contribution < -0.4 is 0 Å². The van der Waals surface area contributed by atoms with Gasteiger partial charge < -0.3 is 20.2 Å². The molecule has 164 valence electrons. The maximum atomic E-state index is 12.8. The number of nitrogens with zero attached hydrogens (tertiary/aromatic N) is 2. The monoisotopic (exact) mass is 474 g/mol. The van der Waals surface area contributed by atoms with E-state index in [0.717, 1.165) is 10.8 Å². The van der Waals surface area contributed by atoms with Crippen molar-refractivity contribution < 1.29 is 34.5 Å². The van der Waals surface area contributed by atoms with Crippen LogP contribution in [0.5, 0.6) is 5.75 Å². The van der Waals surface area contributed by atoms with Crippen molar-refractivity contribution in [2.24, 2.45) is 0 Å². The molecule has 3 N–H and O–H groups in total. The van der Waals surface area contributed by atoms with Gasteiger partial charge in [0.05, 0.1) is 5.25 Å². The van der Waals surface area contributed by atoms with E-state index in [1.807, 2.05) is 0 Å². The van der Waals surface area contributed by atoms with Crippen molar-refractivity contribution in [1.82, 2.24) is 9.80 Å². The first-order valence-corrected chi connectivity index (χ1v) is 12.3. The van der Waals surface area contributed by atoms with Gasteiger partial charge in [-0.1, -0.05) is 39.8 Å². The third-order valence-electron chi connectivity index (χ3n) is 4.35. The van der Waals surface area contributed by atoms with Crippen LogP contribution in [-0.4, -0.2) is 78.8 Å². The zero-order chi connectivity index (χ0) is 22.4. The number of imide groups is 1. The molecule has 0 bridgehead atoms. The van der Waals surface area contributed by atoms with Crippen molar-refractivity contribution in [2.75, 3.05) is 18.6 Å². The van der Waals surface area contributed by atoms with Gasteiger partial charge in [0.15, 0.2) is 0 Å². The Kier molecular flexibility index (Phi) is 8.74. The van der Waals surface area contributed by atoms with Gasteiger partial charge >= 0.3 is 12.1 Å². The van der Waals surface area contributed by atoms with Crippen molar-refractivity contribution in [1.29, 1.82) is 0 Å². The Bertz CT molecular complexity index is 823. The smallest absolute Gasteiger partial charge is 0.413 e. The highest BCUT2D eigenvalue weighted by atomic mass is 33.1. The predicted molar refractivity (Wildman–Crippen MR) is 116 cm³/mol. The van der Waals surface area contributed by atoms with Crippen LogP contribution in [0, 0.1) is 0 Å². The highest BCUT2D eigenvalue weighted by molar-refractivity contribution is 8.77. The Morgan fingerprint density at radius 1 is 1.27 bits per heavy atom. The molecule has 1 aliphatic heterocycles. The molecule has 0 spiro atoms. The lowest BCUT2D eigenvalue weighted by atomic mass is 10.1. The minimum atomic E-state index is -1.34. The first-order valence-electron chi connectivity index (χ1n) is 8.87. The van der Waals surface area contributed by atoms with Crippen molar-refractivity contribution in [3.8, 4) is 5.75 Å². The summed E-state index contributed by atoms with van der Waals surface area (Å²) in [4.78, 5) is 49.1. The van der Waals surface area contributed by atoms with Crippen LogP contribution in [0.25, 0.3) is 0 Å². The van der Waals surface area contributed by atoms with Crippen LogP contribution >= 0.6 is 33.3 Å². The normalized spacial score (nSPS) is 19.3.